The maximum absolute atomic E-state index is 10.3. The van der Waals surface area contributed by atoms with Crippen LogP contribution in [0.15, 0.2) is 23.8 Å². The van der Waals surface area contributed by atoms with Crippen LogP contribution in [0.5, 0.6) is 0 Å². The summed E-state index contributed by atoms with van der Waals surface area (Å²) in [5, 5.41) is 16.7. The lowest BCUT2D eigenvalue weighted by Gasteiger charge is -1.95. The molecule has 2 N–H and O–H groups in total. The molecule has 0 radical (unpaired) electrons. The second-order valence-corrected chi connectivity index (χ2v) is 2.48. The molecule has 0 fully saturated rings. The average Bonchev–Trinajstić information content (AvgIpc) is 1.99. The van der Waals surface area contributed by atoms with Crippen LogP contribution in [0.3, 0.4) is 0 Å². The van der Waals surface area contributed by atoms with E-state index in [1.54, 1.807) is 0 Å². The number of carboxylic acids is 2. The van der Waals surface area contributed by atoms with Crippen molar-refractivity contribution in [3.63, 3.8) is 0 Å². The highest BCUT2D eigenvalue weighted by Crippen LogP contribution is 2.06. The summed E-state index contributed by atoms with van der Waals surface area (Å²) in [7, 11) is 0. The molecule has 0 aromatic rings. The zero-order chi connectivity index (χ0) is 10.3. The van der Waals surface area contributed by atoms with Gasteiger partial charge in [0.1, 0.15) is 0 Å². The molecular weight excluding hydrogens is 172 g/mol. The number of carbonyl (C=O) groups is 2. The SMILES string of the molecule is CCCC(/C=C\C(=O)O)=C/C(=O)O. The van der Waals surface area contributed by atoms with Crippen LogP contribution in [0, 0.1) is 0 Å². The zero-order valence-corrected chi connectivity index (χ0v) is 7.36. The van der Waals surface area contributed by atoms with Crippen molar-refractivity contribution < 1.29 is 19.8 Å². The number of carboxylic acid groups (broad SMARTS) is 2. The van der Waals surface area contributed by atoms with Crippen molar-refractivity contribution >= 4 is 11.9 Å². The van der Waals surface area contributed by atoms with Gasteiger partial charge in [0.15, 0.2) is 0 Å². The smallest absolute Gasteiger partial charge is 0.328 e. The third-order valence-corrected chi connectivity index (χ3v) is 1.29. The highest BCUT2D eigenvalue weighted by atomic mass is 16.4. The predicted molar refractivity (Wildman–Crippen MR) is 47.4 cm³/mol. The van der Waals surface area contributed by atoms with E-state index in [1.165, 1.54) is 6.08 Å². The fraction of sp³-hybridized carbons (Fsp3) is 0.333. The van der Waals surface area contributed by atoms with E-state index < -0.39 is 11.9 Å². The largest absolute Gasteiger partial charge is 0.478 e. The van der Waals surface area contributed by atoms with Gasteiger partial charge in [0.2, 0.25) is 0 Å². The zero-order valence-electron chi connectivity index (χ0n) is 7.36. The first-order valence-electron chi connectivity index (χ1n) is 3.90. The van der Waals surface area contributed by atoms with Gasteiger partial charge >= 0.3 is 11.9 Å². The lowest BCUT2D eigenvalue weighted by atomic mass is 10.1. The highest BCUT2D eigenvalue weighted by molar-refractivity contribution is 5.83. The van der Waals surface area contributed by atoms with Crippen LogP contribution >= 0.6 is 0 Å². The average molecular weight is 184 g/mol. The summed E-state index contributed by atoms with van der Waals surface area (Å²) in [6.07, 6.45) is 4.60. The first-order chi connectivity index (χ1) is 6.06. The molecule has 0 unspecified atom stereocenters. The van der Waals surface area contributed by atoms with Crippen LogP contribution in [-0.2, 0) is 9.59 Å². The van der Waals surface area contributed by atoms with Gasteiger partial charge in [-0.05, 0) is 12.0 Å². The van der Waals surface area contributed by atoms with E-state index in [-0.39, 0.29) is 0 Å². The van der Waals surface area contributed by atoms with Crippen LogP contribution in [0.4, 0.5) is 0 Å². The third-order valence-electron chi connectivity index (χ3n) is 1.29. The molecule has 0 saturated carbocycles. The fourth-order valence-corrected chi connectivity index (χ4v) is 0.829. The summed E-state index contributed by atoms with van der Waals surface area (Å²) >= 11 is 0. The lowest BCUT2D eigenvalue weighted by Crippen LogP contribution is -1.92. The van der Waals surface area contributed by atoms with Gasteiger partial charge in [-0.3, -0.25) is 0 Å². The van der Waals surface area contributed by atoms with E-state index in [1.807, 2.05) is 6.92 Å². The molecule has 0 spiro atoms. The predicted octanol–water partition coefficient (Wildman–Crippen LogP) is 1.44. The monoisotopic (exact) mass is 184 g/mol. The minimum Gasteiger partial charge on any atom is -0.478 e. The minimum absolute atomic E-state index is 0.511. The molecule has 4 nitrogen and oxygen atoms in total. The molecular formula is C9H12O4. The second kappa shape index (κ2) is 5.99. The van der Waals surface area contributed by atoms with E-state index >= 15 is 0 Å². The van der Waals surface area contributed by atoms with Crippen molar-refractivity contribution in [3.05, 3.63) is 23.8 Å². The van der Waals surface area contributed by atoms with E-state index in [2.05, 4.69) is 0 Å². The molecule has 0 rings (SSSR count). The molecule has 0 aliphatic heterocycles. The van der Waals surface area contributed by atoms with Gasteiger partial charge in [-0.2, -0.15) is 0 Å². The first kappa shape index (κ1) is 11.4. The fourth-order valence-electron chi connectivity index (χ4n) is 0.829. The normalized spacial score (nSPS) is 11.9. The number of aliphatic carboxylic acids is 2. The van der Waals surface area contributed by atoms with Gasteiger partial charge in [-0.25, -0.2) is 9.59 Å². The Morgan fingerprint density at radius 2 is 1.77 bits per heavy atom. The quantitative estimate of drug-likeness (QED) is 0.500. The van der Waals surface area contributed by atoms with Crippen molar-refractivity contribution in [2.75, 3.05) is 0 Å². The Hall–Kier alpha value is -1.58. The molecule has 0 amide bonds. The van der Waals surface area contributed by atoms with Crippen molar-refractivity contribution in [3.8, 4) is 0 Å². The highest BCUT2D eigenvalue weighted by Gasteiger charge is 1.96. The van der Waals surface area contributed by atoms with Crippen LogP contribution < -0.4 is 0 Å². The van der Waals surface area contributed by atoms with Gasteiger partial charge in [0, 0.05) is 12.2 Å². The van der Waals surface area contributed by atoms with Gasteiger partial charge in [0.25, 0.3) is 0 Å². The number of hydrogen-bond donors (Lipinski definition) is 2. The summed E-state index contributed by atoms with van der Waals surface area (Å²) < 4.78 is 0. The van der Waals surface area contributed by atoms with Crippen LogP contribution in [0.1, 0.15) is 19.8 Å². The van der Waals surface area contributed by atoms with E-state index in [9.17, 15) is 9.59 Å². The van der Waals surface area contributed by atoms with Crippen molar-refractivity contribution in [2.45, 2.75) is 19.8 Å². The molecule has 0 aliphatic carbocycles. The molecule has 0 aromatic heterocycles. The summed E-state index contributed by atoms with van der Waals surface area (Å²) in [6, 6.07) is 0. The summed E-state index contributed by atoms with van der Waals surface area (Å²) in [4.78, 5) is 20.4. The molecule has 0 bridgehead atoms. The molecule has 0 heterocycles. The van der Waals surface area contributed by atoms with E-state index in [0.717, 1.165) is 18.6 Å². The first-order valence-corrected chi connectivity index (χ1v) is 3.90. The Balaban J connectivity index is 4.42. The molecule has 13 heavy (non-hydrogen) atoms. The summed E-state index contributed by atoms with van der Waals surface area (Å²) in [5.41, 5.74) is 0.511. The van der Waals surface area contributed by atoms with Gasteiger partial charge < -0.3 is 10.2 Å². The summed E-state index contributed by atoms with van der Waals surface area (Å²) in [5.74, 6) is -2.13. The molecule has 0 saturated heterocycles. The molecule has 0 aromatic carbocycles. The van der Waals surface area contributed by atoms with Gasteiger partial charge in [0.05, 0.1) is 0 Å². The second-order valence-electron chi connectivity index (χ2n) is 2.48. The minimum atomic E-state index is -1.08. The van der Waals surface area contributed by atoms with E-state index in [4.69, 9.17) is 10.2 Å². The van der Waals surface area contributed by atoms with Crippen LogP contribution in [0.25, 0.3) is 0 Å². The Kier molecular flexibility index (Phi) is 5.27. The topological polar surface area (TPSA) is 74.6 Å². The Bertz CT molecular complexity index is 250. The van der Waals surface area contributed by atoms with Crippen LogP contribution in [-0.4, -0.2) is 22.2 Å². The molecule has 0 atom stereocenters. The maximum Gasteiger partial charge on any atom is 0.328 e. The Morgan fingerprint density at radius 3 is 2.15 bits per heavy atom. The molecule has 4 heteroatoms. The van der Waals surface area contributed by atoms with Crippen molar-refractivity contribution in [1.82, 2.24) is 0 Å². The van der Waals surface area contributed by atoms with Gasteiger partial charge in [-0.15, -0.1) is 0 Å². The lowest BCUT2D eigenvalue weighted by molar-refractivity contribution is -0.132. The number of allylic oxidation sites excluding steroid dienone is 2. The Morgan fingerprint density at radius 1 is 1.15 bits per heavy atom. The third kappa shape index (κ3) is 6.80. The molecule has 72 valence electrons. The van der Waals surface area contributed by atoms with E-state index in [0.29, 0.717) is 12.0 Å². The molecule has 0 aliphatic rings. The van der Waals surface area contributed by atoms with Gasteiger partial charge in [-0.1, -0.05) is 19.4 Å². The maximum atomic E-state index is 10.3. The van der Waals surface area contributed by atoms with Crippen molar-refractivity contribution in [1.29, 1.82) is 0 Å². The van der Waals surface area contributed by atoms with Crippen molar-refractivity contribution in [2.24, 2.45) is 0 Å². The summed E-state index contributed by atoms with van der Waals surface area (Å²) in [6.45, 7) is 1.89. The standard InChI is InChI=1S/C9H12O4/c1-2-3-7(6-9(12)13)4-5-8(10)11/h4-6H,2-3H2,1H3,(H,10,11)(H,12,13)/b5-4-,7-6-. The number of rotatable bonds is 5. The Labute approximate surface area is 76.2 Å². The van der Waals surface area contributed by atoms with Crippen LogP contribution in [0.2, 0.25) is 0 Å². The number of hydrogen-bond acceptors (Lipinski definition) is 2.